The Morgan fingerprint density at radius 1 is 1.56 bits per heavy atom. The van der Waals surface area contributed by atoms with Crippen LogP contribution >= 0.6 is 12.2 Å². The second-order valence-corrected chi connectivity index (χ2v) is 2.84. The SMILES string of the molecule is COc1ccc(C=O)cc1.N=NC(=S)NN. The fraction of sp³-hybridized carbons (Fsp3) is 0.111. The van der Waals surface area contributed by atoms with Crippen LogP contribution < -0.4 is 16.0 Å². The highest BCUT2D eigenvalue weighted by Crippen LogP contribution is 2.09. The highest BCUT2D eigenvalue weighted by Gasteiger charge is 1.89. The van der Waals surface area contributed by atoms with E-state index in [0.717, 1.165) is 12.0 Å². The van der Waals surface area contributed by atoms with E-state index in [1.165, 1.54) is 0 Å². The molecule has 0 aliphatic carbocycles. The van der Waals surface area contributed by atoms with Gasteiger partial charge in [-0.1, -0.05) is 0 Å². The molecule has 0 atom stereocenters. The summed E-state index contributed by atoms with van der Waals surface area (Å²) in [6.07, 6.45) is 0.805. The van der Waals surface area contributed by atoms with Gasteiger partial charge in [-0.3, -0.25) is 10.2 Å². The van der Waals surface area contributed by atoms with Gasteiger partial charge >= 0.3 is 0 Å². The molecule has 0 bridgehead atoms. The Kier molecular flexibility index (Phi) is 7.47. The molecule has 0 spiro atoms. The van der Waals surface area contributed by atoms with Crippen molar-refractivity contribution < 1.29 is 9.53 Å². The number of benzene rings is 1. The van der Waals surface area contributed by atoms with Gasteiger partial charge in [0.15, 0.2) is 0 Å². The van der Waals surface area contributed by atoms with Gasteiger partial charge in [0.25, 0.3) is 0 Å². The Balaban J connectivity index is 0.000000325. The lowest BCUT2D eigenvalue weighted by molar-refractivity contribution is 0.112. The van der Waals surface area contributed by atoms with E-state index >= 15 is 0 Å². The maximum Gasteiger partial charge on any atom is 0.227 e. The monoisotopic (exact) mass is 240 g/mol. The molecule has 0 unspecified atom stereocenters. The Hall–Kier alpha value is -1.86. The summed E-state index contributed by atoms with van der Waals surface area (Å²) in [5.74, 6) is 5.45. The predicted octanol–water partition coefficient (Wildman–Crippen LogP) is 1.27. The number of nitrogens with zero attached hydrogens (tertiary/aromatic N) is 1. The van der Waals surface area contributed by atoms with Crippen molar-refractivity contribution in [2.24, 2.45) is 11.0 Å². The van der Waals surface area contributed by atoms with Gasteiger partial charge in [-0.25, -0.2) is 11.4 Å². The molecular weight excluding hydrogens is 228 g/mol. The van der Waals surface area contributed by atoms with Gasteiger partial charge in [0.05, 0.1) is 7.11 Å². The number of carbonyl (C=O) groups is 1. The van der Waals surface area contributed by atoms with E-state index in [1.807, 2.05) is 5.43 Å². The topological polar surface area (TPSA) is 101 Å². The molecule has 1 aromatic rings. The average molecular weight is 240 g/mol. The van der Waals surface area contributed by atoms with E-state index in [2.05, 4.69) is 23.2 Å². The first-order valence-electron chi connectivity index (χ1n) is 4.15. The molecule has 0 saturated heterocycles. The Labute approximate surface area is 98.3 Å². The first-order valence-corrected chi connectivity index (χ1v) is 4.56. The van der Waals surface area contributed by atoms with Crippen molar-refractivity contribution in [3.05, 3.63) is 29.8 Å². The van der Waals surface area contributed by atoms with Crippen LogP contribution in [-0.4, -0.2) is 18.5 Å². The lowest BCUT2D eigenvalue weighted by atomic mass is 10.2. The van der Waals surface area contributed by atoms with Crippen molar-refractivity contribution in [1.29, 1.82) is 5.53 Å². The summed E-state index contributed by atoms with van der Waals surface area (Å²) in [5.41, 5.74) is 8.81. The van der Waals surface area contributed by atoms with Gasteiger partial charge in [-0.05, 0) is 36.5 Å². The van der Waals surface area contributed by atoms with E-state index in [9.17, 15) is 4.79 Å². The van der Waals surface area contributed by atoms with Gasteiger partial charge in [0.1, 0.15) is 12.0 Å². The highest BCUT2D eigenvalue weighted by molar-refractivity contribution is 7.80. The molecule has 0 aliphatic rings. The van der Waals surface area contributed by atoms with Crippen molar-refractivity contribution >= 4 is 23.6 Å². The van der Waals surface area contributed by atoms with Crippen molar-refractivity contribution in [3.8, 4) is 5.75 Å². The first kappa shape index (κ1) is 14.1. The number of ether oxygens (including phenoxy) is 1. The highest BCUT2D eigenvalue weighted by atomic mass is 32.1. The Bertz CT molecular complexity index is 353. The first-order chi connectivity index (χ1) is 7.67. The molecule has 86 valence electrons. The third-order valence-corrected chi connectivity index (χ3v) is 1.69. The molecule has 0 aromatic heterocycles. The predicted molar refractivity (Wildman–Crippen MR) is 63.5 cm³/mol. The molecule has 0 heterocycles. The quantitative estimate of drug-likeness (QED) is 0.238. The third kappa shape index (κ3) is 5.78. The summed E-state index contributed by atoms with van der Waals surface area (Å²) >= 11 is 4.27. The molecular formula is C9H12N4O2S. The zero-order valence-corrected chi connectivity index (χ0v) is 9.45. The zero-order valence-electron chi connectivity index (χ0n) is 8.64. The molecule has 1 aromatic carbocycles. The Morgan fingerprint density at radius 2 is 2.12 bits per heavy atom. The normalized spacial score (nSPS) is 8.12. The van der Waals surface area contributed by atoms with Crippen LogP contribution in [0.2, 0.25) is 0 Å². The van der Waals surface area contributed by atoms with Gasteiger partial charge in [0.2, 0.25) is 5.11 Å². The van der Waals surface area contributed by atoms with Crippen molar-refractivity contribution in [2.45, 2.75) is 0 Å². The molecule has 0 radical (unpaired) electrons. The second kappa shape index (κ2) is 8.45. The number of hydrogen-bond donors (Lipinski definition) is 3. The van der Waals surface area contributed by atoms with Crippen molar-refractivity contribution in [1.82, 2.24) is 5.43 Å². The Morgan fingerprint density at radius 3 is 2.38 bits per heavy atom. The van der Waals surface area contributed by atoms with E-state index in [1.54, 1.807) is 31.4 Å². The van der Waals surface area contributed by atoms with E-state index < -0.39 is 0 Å². The number of hydrazine groups is 1. The van der Waals surface area contributed by atoms with E-state index in [-0.39, 0.29) is 5.11 Å². The van der Waals surface area contributed by atoms with E-state index in [0.29, 0.717) is 5.56 Å². The molecule has 16 heavy (non-hydrogen) atoms. The minimum atomic E-state index is -0.00463. The zero-order chi connectivity index (χ0) is 12.4. The molecule has 4 N–H and O–H groups in total. The third-order valence-electron chi connectivity index (χ3n) is 1.48. The molecule has 1 rings (SSSR count). The van der Waals surface area contributed by atoms with Crippen LogP contribution in [0.25, 0.3) is 0 Å². The van der Waals surface area contributed by atoms with Crippen LogP contribution in [0.4, 0.5) is 0 Å². The molecule has 0 aliphatic heterocycles. The fourth-order valence-electron chi connectivity index (χ4n) is 0.715. The summed E-state index contributed by atoms with van der Waals surface area (Å²) in [7, 11) is 1.59. The number of rotatable bonds is 2. The maximum atomic E-state index is 10.2. The van der Waals surface area contributed by atoms with Crippen LogP contribution in [0, 0.1) is 5.53 Å². The van der Waals surface area contributed by atoms with Gasteiger partial charge in [0, 0.05) is 5.56 Å². The number of carbonyl (C=O) groups excluding carboxylic acids is 1. The fourth-order valence-corrected chi connectivity index (χ4v) is 0.715. The maximum absolute atomic E-state index is 10.2. The number of aldehydes is 1. The molecule has 0 fully saturated rings. The van der Waals surface area contributed by atoms with Crippen LogP contribution in [-0.2, 0) is 0 Å². The van der Waals surface area contributed by atoms with Crippen LogP contribution in [0.5, 0.6) is 5.75 Å². The van der Waals surface area contributed by atoms with Gasteiger partial charge in [-0.15, -0.1) is 5.11 Å². The standard InChI is InChI=1S/C8H8O2.CH4N4S/c1-10-8-4-2-7(6-9)3-5-8;2-4-1(6)5-3/h2-6H,1H3;2H,3H2,(H,5,6). The van der Waals surface area contributed by atoms with E-state index in [4.69, 9.17) is 10.3 Å². The number of thiocarbonyl (C=S) groups is 1. The van der Waals surface area contributed by atoms with Crippen LogP contribution in [0.15, 0.2) is 29.4 Å². The summed E-state index contributed by atoms with van der Waals surface area (Å²) < 4.78 is 4.90. The van der Waals surface area contributed by atoms with Crippen LogP contribution in [0.1, 0.15) is 10.4 Å². The number of nitrogens with one attached hydrogen (secondary N) is 2. The second-order valence-electron chi connectivity index (χ2n) is 2.45. The molecule has 0 amide bonds. The minimum absolute atomic E-state index is 0.00463. The molecule has 7 heteroatoms. The van der Waals surface area contributed by atoms with Crippen molar-refractivity contribution in [2.75, 3.05) is 7.11 Å². The number of nitrogens with two attached hydrogens (primary N) is 1. The largest absolute Gasteiger partial charge is 0.497 e. The summed E-state index contributed by atoms with van der Waals surface area (Å²) in [6.45, 7) is 0. The van der Waals surface area contributed by atoms with Gasteiger partial charge in [-0.2, -0.15) is 0 Å². The smallest absolute Gasteiger partial charge is 0.227 e. The van der Waals surface area contributed by atoms with Gasteiger partial charge < -0.3 is 4.74 Å². The lowest BCUT2D eigenvalue weighted by Crippen LogP contribution is -2.26. The summed E-state index contributed by atoms with van der Waals surface area (Å²) in [4.78, 5) is 10.2. The summed E-state index contributed by atoms with van der Waals surface area (Å²) in [5, 5.41) is 2.75. The average Bonchev–Trinajstić information content (AvgIpc) is 2.38. The molecule has 6 nitrogen and oxygen atoms in total. The number of hydrogen-bond acceptors (Lipinski definition) is 5. The minimum Gasteiger partial charge on any atom is -0.497 e. The molecule has 0 saturated carbocycles. The summed E-state index contributed by atoms with van der Waals surface area (Å²) in [6, 6.07) is 6.94. The number of methoxy groups -OCH3 is 1. The van der Waals surface area contributed by atoms with Crippen molar-refractivity contribution in [3.63, 3.8) is 0 Å². The van der Waals surface area contributed by atoms with Crippen LogP contribution in [0.3, 0.4) is 0 Å². The lowest BCUT2D eigenvalue weighted by Gasteiger charge is -1.96.